The zero-order chi connectivity index (χ0) is 73.1. The van der Waals surface area contributed by atoms with Crippen LogP contribution in [0.3, 0.4) is 0 Å². The molecule has 12 rings (SSSR count). The number of hydrogen-bond donors (Lipinski definition) is 5. The van der Waals surface area contributed by atoms with E-state index >= 15 is 0 Å². The molecule has 3 amide bonds. The molecule has 4 saturated heterocycles. The number of piperazine rings is 2. The zero-order valence-corrected chi connectivity index (χ0v) is 62.4. The van der Waals surface area contributed by atoms with Crippen LogP contribution in [0.5, 0.6) is 11.5 Å². The van der Waals surface area contributed by atoms with Crippen molar-refractivity contribution < 1.29 is 62.8 Å². The number of hydrogen-bond acceptors (Lipinski definition) is 16. The molecule has 0 spiro atoms. The van der Waals surface area contributed by atoms with E-state index in [0.717, 1.165) is 183 Å². The molecule has 20 heteroatoms. The first-order valence-corrected chi connectivity index (χ1v) is 38.6. The summed E-state index contributed by atoms with van der Waals surface area (Å²) in [5.41, 5.74) is 7.16. The molecule has 4 aliphatic rings. The van der Waals surface area contributed by atoms with E-state index < -0.39 is 18.2 Å². The van der Waals surface area contributed by atoms with Gasteiger partial charge in [0.1, 0.15) is 36.9 Å². The second kappa shape index (κ2) is 45.6. The molecule has 0 saturated carbocycles. The van der Waals surface area contributed by atoms with Crippen LogP contribution >= 0.6 is 0 Å². The summed E-state index contributed by atoms with van der Waals surface area (Å²) in [6.45, 7) is 10.7. The molecule has 2 aromatic heterocycles. The Hall–Kier alpha value is -8.06. The third-order valence-electron chi connectivity index (χ3n) is 20.6. The minimum Gasteiger partial charge on any atom is -0.549 e. The van der Waals surface area contributed by atoms with Crippen molar-refractivity contribution >= 4 is 45.5 Å². The van der Waals surface area contributed by atoms with Crippen LogP contribution in [-0.4, -0.2) is 211 Å². The van der Waals surface area contributed by atoms with Gasteiger partial charge in [0.15, 0.2) is 0 Å². The SMILES string of the molecule is O=C(NC(CCCc1ccccc1)CCCc1ccccc1)C1CCCN(C(=O)CN2CCN(C[C@@H](O)COc3cccc4ncccc34)CC2)C1.O=C(NC(CCCc1ccccc1)CCCc1ccccc1)C1CCCNC1.O=C([O-])CN1CCN(C[C@@H](O)COc2cccc3ncccc23)CC1.[Li+]. The van der Waals surface area contributed by atoms with Crippen LogP contribution in [0.25, 0.3) is 21.8 Å². The van der Waals surface area contributed by atoms with E-state index in [0.29, 0.717) is 51.6 Å². The predicted molar refractivity (Wildman–Crippen MR) is 414 cm³/mol. The Labute approximate surface area is 640 Å². The largest absolute Gasteiger partial charge is 1.00 e. The van der Waals surface area contributed by atoms with Crippen LogP contribution in [0.15, 0.2) is 194 Å². The molecule has 0 aliphatic carbocycles. The monoisotopic (exact) mass is 1430 g/mol. The molecule has 106 heavy (non-hydrogen) atoms. The van der Waals surface area contributed by atoms with Crippen molar-refractivity contribution in [2.75, 3.05) is 118 Å². The fourth-order valence-electron chi connectivity index (χ4n) is 14.7. The zero-order valence-electron chi connectivity index (χ0n) is 62.4. The first-order valence-electron chi connectivity index (χ1n) is 38.6. The van der Waals surface area contributed by atoms with Gasteiger partial charge in [0.25, 0.3) is 0 Å². The third kappa shape index (κ3) is 28.6. The molecule has 2 unspecified atom stereocenters. The van der Waals surface area contributed by atoms with Gasteiger partial charge < -0.3 is 50.4 Å². The Morgan fingerprint density at radius 3 is 1.27 bits per heavy atom. The second-order valence-corrected chi connectivity index (χ2v) is 28.8. The average Bonchev–Trinajstić information content (AvgIpc) is 0.840. The number of fused-ring (bicyclic) bond motifs is 2. The predicted octanol–water partition coefficient (Wildman–Crippen LogP) is 6.22. The van der Waals surface area contributed by atoms with E-state index in [4.69, 9.17) is 9.47 Å². The summed E-state index contributed by atoms with van der Waals surface area (Å²) < 4.78 is 11.8. The number of likely N-dealkylation sites (tertiary alicyclic amines) is 1. The van der Waals surface area contributed by atoms with Gasteiger partial charge in [0.2, 0.25) is 17.7 Å². The molecule has 0 bridgehead atoms. The molecule has 4 atom stereocenters. The summed E-state index contributed by atoms with van der Waals surface area (Å²) in [4.78, 5) is 69.4. The van der Waals surface area contributed by atoms with Crippen molar-refractivity contribution in [2.45, 2.75) is 127 Å². The fraction of sp³-hybridized carbons (Fsp3) is 0.465. The van der Waals surface area contributed by atoms with Crippen molar-refractivity contribution in [3.63, 3.8) is 0 Å². The Balaban J connectivity index is 0.000000202. The number of rotatable bonds is 34. The van der Waals surface area contributed by atoms with Crippen LogP contribution in [0.1, 0.15) is 99.3 Å². The van der Waals surface area contributed by atoms with Crippen LogP contribution < -0.4 is 49.4 Å². The standard InChI is InChI=1S/C43H55N5O4.C25H34N2O.C18H23N3O4.Li/c49-38(33-52-41-23-9-22-40-39(41)21-10-24-44-40)31-46-26-28-47(29-27-46)32-42(50)48-25-11-18-36(30-48)43(51)45-37(19-7-16-34-12-3-1-4-13-34)20-8-17-35-14-5-2-6-15-35;28-25(23-16-9-19-26-20-23)27-24(17-7-14-21-10-3-1-4-11-21)18-8-15-22-12-5-2-6-13-22;22-14(11-20-7-9-21(10-8-20)12-18(23)24)13-25-17-5-1-4-16-15(17)3-2-6-19-16;/h1-6,9-10,12-15,21-24,36-38,49H,7-8,11,16-20,25-33H2,(H,45,51);1-6,10-13,23-24,26H,7-9,14-20H2,(H,27,28);1-6,14,22H,7-13H2,(H,23,24);/q;;;+1/p-1/t36?,38-;;14-;/m1.1./s1. The topological polar surface area (TPSA) is 228 Å². The van der Waals surface area contributed by atoms with Crippen molar-refractivity contribution in [3.05, 3.63) is 217 Å². The van der Waals surface area contributed by atoms with E-state index in [-0.39, 0.29) is 80.3 Å². The normalized spacial score (nSPS) is 17.2. The van der Waals surface area contributed by atoms with Crippen molar-refractivity contribution in [1.29, 1.82) is 0 Å². The summed E-state index contributed by atoms with van der Waals surface area (Å²) in [5.74, 6) is 0.796. The van der Waals surface area contributed by atoms with Crippen molar-refractivity contribution in [2.24, 2.45) is 11.8 Å². The van der Waals surface area contributed by atoms with Gasteiger partial charge in [-0.25, -0.2) is 0 Å². The number of amides is 3. The number of carbonyl (C=O) groups excluding carboxylic acids is 4. The summed E-state index contributed by atoms with van der Waals surface area (Å²) in [5, 5.41) is 43.6. The maximum absolute atomic E-state index is 13.6. The number of carboxylic acids is 1. The Bertz CT molecular complexity index is 3730. The maximum Gasteiger partial charge on any atom is 1.00 e. The number of carboxylic acid groups (broad SMARTS) is 1. The van der Waals surface area contributed by atoms with Crippen LogP contribution in [0, 0.1) is 11.8 Å². The van der Waals surface area contributed by atoms with Gasteiger partial charge in [-0.05, 0) is 180 Å². The maximum atomic E-state index is 13.6. The number of ether oxygens (including phenoxy) is 2. The van der Waals surface area contributed by atoms with Gasteiger partial charge in [0.05, 0.1) is 35.4 Å². The Morgan fingerprint density at radius 2 is 0.868 bits per heavy atom. The van der Waals surface area contributed by atoms with Crippen molar-refractivity contribution in [3.8, 4) is 11.5 Å². The molecule has 6 heterocycles. The van der Waals surface area contributed by atoms with E-state index in [1.165, 1.54) is 22.3 Å². The number of aliphatic hydroxyl groups excluding tert-OH is 2. The van der Waals surface area contributed by atoms with Gasteiger partial charge in [-0.2, -0.15) is 0 Å². The number of benzene rings is 6. The number of nitrogens with zero attached hydrogens (tertiary/aromatic N) is 7. The summed E-state index contributed by atoms with van der Waals surface area (Å²) in [7, 11) is 0. The second-order valence-electron chi connectivity index (χ2n) is 28.8. The van der Waals surface area contributed by atoms with Crippen LogP contribution in [0.4, 0.5) is 0 Å². The molecular formula is C86H111LiN10O9. The number of aliphatic hydroxyl groups is 2. The Morgan fingerprint density at radius 1 is 0.472 bits per heavy atom. The number of carbonyl (C=O) groups is 4. The van der Waals surface area contributed by atoms with Crippen LogP contribution in [-0.2, 0) is 44.9 Å². The van der Waals surface area contributed by atoms with Gasteiger partial charge in [-0.15, -0.1) is 0 Å². The molecule has 6 aromatic carbocycles. The fourth-order valence-corrected chi connectivity index (χ4v) is 14.7. The molecule has 0 radical (unpaired) electrons. The smallest absolute Gasteiger partial charge is 0.549 e. The van der Waals surface area contributed by atoms with E-state index in [1.807, 2.05) is 82.6 Å². The quantitative estimate of drug-likeness (QED) is 0.0282. The Kier molecular flexibility index (Phi) is 35.2. The first-order chi connectivity index (χ1) is 51.4. The molecule has 560 valence electrons. The number of pyridine rings is 2. The molecule has 4 fully saturated rings. The molecule has 8 aromatic rings. The first kappa shape index (κ1) is 82.0. The summed E-state index contributed by atoms with van der Waals surface area (Å²) in [6.07, 6.45) is 18.5. The molecular weight excluding hydrogens is 1320 g/mol. The van der Waals surface area contributed by atoms with Gasteiger partial charge >= 0.3 is 18.9 Å². The minimum atomic E-state index is -1.05. The van der Waals surface area contributed by atoms with Crippen LogP contribution in [0.2, 0.25) is 0 Å². The average molecular weight is 1440 g/mol. The number of β-amino-alcohol motifs (C(OH)–C–C–N with tert-alkyl or cyclic N) is 2. The molecule has 19 nitrogen and oxygen atoms in total. The number of aliphatic carboxylic acids is 1. The minimum absolute atomic E-state index is 0. The third-order valence-corrected chi connectivity index (χ3v) is 20.6. The van der Waals surface area contributed by atoms with Gasteiger partial charge in [-0.1, -0.05) is 133 Å². The number of piperidine rings is 2. The van der Waals surface area contributed by atoms with Crippen molar-refractivity contribution in [1.82, 2.24) is 50.4 Å². The van der Waals surface area contributed by atoms with E-state index in [9.17, 15) is 34.5 Å². The molecule has 4 aliphatic heterocycles. The van der Waals surface area contributed by atoms with E-state index in [1.54, 1.807) is 12.4 Å². The number of aryl methyl sites for hydroxylation is 4. The number of nitrogens with one attached hydrogen (secondary N) is 3. The number of aromatic nitrogens is 2. The summed E-state index contributed by atoms with van der Waals surface area (Å²) >= 11 is 0. The molecule has 5 N–H and O–H groups in total. The summed E-state index contributed by atoms with van der Waals surface area (Å²) in [6, 6.07) is 61.9. The van der Waals surface area contributed by atoms with E-state index in [2.05, 4.69) is 150 Å². The van der Waals surface area contributed by atoms with Gasteiger partial charge in [-0.3, -0.25) is 44.0 Å². The van der Waals surface area contributed by atoms with Gasteiger partial charge in [0, 0.05) is 127 Å².